The lowest BCUT2D eigenvalue weighted by molar-refractivity contribution is -0.118. The third-order valence-corrected chi connectivity index (χ3v) is 4.50. The predicted octanol–water partition coefficient (Wildman–Crippen LogP) is 5.14. The van der Waals surface area contributed by atoms with Crippen LogP contribution >= 0.6 is 0 Å². The maximum atomic E-state index is 12.1. The highest BCUT2D eigenvalue weighted by Gasteiger charge is 2.08. The van der Waals surface area contributed by atoms with E-state index < -0.39 is 0 Å². The summed E-state index contributed by atoms with van der Waals surface area (Å²) in [5.74, 6) is 1.16. The van der Waals surface area contributed by atoms with E-state index in [4.69, 9.17) is 4.74 Å². The molecule has 3 heteroatoms. The maximum Gasteiger partial charge on any atom is 0.262 e. The van der Waals surface area contributed by atoms with Crippen molar-refractivity contribution in [1.82, 2.24) is 0 Å². The zero-order valence-corrected chi connectivity index (χ0v) is 15.3. The molecule has 0 aromatic heterocycles. The van der Waals surface area contributed by atoms with Crippen LogP contribution in [0.2, 0.25) is 0 Å². The summed E-state index contributed by atoms with van der Waals surface area (Å²) in [5, 5.41) is 2.88. The number of hydrogen-bond donors (Lipinski definition) is 1. The van der Waals surface area contributed by atoms with Gasteiger partial charge in [0, 0.05) is 5.69 Å². The summed E-state index contributed by atoms with van der Waals surface area (Å²) in [6, 6.07) is 12.1. The van der Waals surface area contributed by atoms with Crippen molar-refractivity contribution in [1.29, 1.82) is 0 Å². The molecule has 2 rings (SSSR count). The molecule has 0 saturated carbocycles. The van der Waals surface area contributed by atoms with Crippen molar-refractivity contribution >= 4 is 11.6 Å². The number of anilines is 1. The summed E-state index contributed by atoms with van der Waals surface area (Å²) in [4.78, 5) is 12.1. The fourth-order valence-electron chi connectivity index (χ4n) is 2.62. The highest BCUT2D eigenvalue weighted by atomic mass is 16.5. The molecule has 1 N–H and O–H groups in total. The lowest BCUT2D eigenvalue weighted by Gasteiger charge is -2.13. The van der Waals surface area contributed by atoms with Crippen molar-refractivity contribution in [2.75, 3.05) is 11.9 Å². The summed E-state index contributed by atoms with van der Waals surface area (Å²) in [7, 11) is 0. The van der Waals surface area contributed by atoms with Crippen LogP contribution in [0.1, 0.15) is 48.4 Å². The van der Waals surface area contributed by atoms with E-state index in [0.29, 0.717) is 5.92 Å². The van der Waals surface area contributed by atoms with Crippen LogP contribution in [0.3, 0.4) is 0 Å². The Kier molecular flexibility index (Phi) is 6.02. The summed E-state index contributed by atoms with van der Waals surface area (Å²) < 4.78 is 5.70. The number of nitrogens with one attached hydrogen (secondary N) is 1. The van der Waals surface area contributed by atoms with Gasteiger partial charge >= 0.3 is 0 Å². The second-order valence-corrected chi connectivity index (χ2v) is 6.47. The lowest BCUT2D eigenvalue weighted by Crippen LogP contribution is -2.20. The Hall–Kier alpha value is -2.29. The van der Waals surface area contributed by atoms with E-state index in [-0.39, 0.29) is 12.5 Å². The van der Waals surface area contributed by atoms with Gasteiger partial charge in [0.05, 0.1) is 0 Å². The number of ether oxygens (including phenoxy) is 1. The van der Waals surface area contributed by atoms with E-state index in [1.54, 1.807) is 0 Å². The summed E-state index contributed by atoms with van der Waals surface area (Å²) in [5.41, 5.74) is 5.47. The molecule has 0 heterocycles. The smallest absolute Gasteiger partial charge is 0.262 e. The van der Waals surface area contributed by atoms with Gasteiger partial charge in [-0.15, -0.1) is 0 Å². The topological polar surface area (TPSA) is 38.3 Å². The van der Waals surface area contributed by atoms with E-state index in [9.17, 15) is 4.79 Å². The van der Waals surface area contributed by atoms with Gasteiger partial charge in [0.25, 0.3) is 5.91 Å². The van der Waals surface area contributed by atoms with Crippen molar-refractivity contribution in [3.63, 3.8) is 0 Å². The molecule has 0 bridgehead atoms. The van der Waals surface area contributed by atoms with Gasteiger partial charge in [0.2, 0.25) is 0 Å². The van der Waals surface area contributed by atoms with Gasteiger partial charge in [-0.1, -0.05) is 32.0 Å². The molecule has 2 aromatic rings. The maximum absolute atomic E-state index is 12.1. The Morgan fingerprint density at radius 1 is 1.12 bits per heavy atom. The third kappa shape index (κ3) is 4.60. The monoisotopic (exact) mass is 325 g/mol. The van der Waals surface area contributed by atoms with Gasteiger partial charge in [-0.2, -0.15) is 0 Å². The minimum absolute atomic E-state index is 0.0108. The average molecular weight is 325 g/mol. The Bertz CT molecular complexity index is 705. The first-order valence-electron chi connectivity index (χ1n) is 8.51. The minimum atomic E-state index is -0.148. The molecule has 0 saturated heterocycles. The molecular weight excluding hydrogens is 298 g/mol. The van der Waals surface area contributed by atoms with Gasteiger partial charge in [0.1, 0.15) is 5.75 Å². The summed E-state index contributed by atoms with van der Waals surface area (Å²) >= 11 is 0. The molecule has 128 valence electrons. The molecule has 0 aliphatic carbocycles. The number of carbonyl (C=O) groups is 1. The van der Waals surface area contributed by atoms with Crippen molar-refractivity contribution in [2.45, 2.75) is 47.0 Å². The Balaban J connectivity index is 1.94. The van der Waals surface area contributed by atoms with E-state index in [1.165, 1.54) is 11.1 Å². The SMILES string of the molecule is CCC(C)c1ccc(NC(=O)COc2cc(C)cc(C)c2C)cc1. The zero-order valence-electron chi connectivity index (χ0n) is 15.3. The van der Waals surface area contributed by atoms with E-state index in [2.05, 4.69) is 37.4 Å². The molecule has 0 radical (unpaired) electrons. The van der Waals surface area contributed by atoms with Crippen LogP contribution in [0.25, 0.3) is 0 Å². The van der Waals surface area contributed by atoms with Crippen LogP contribution in [0.5, 0.6) is 5.75 Å². The average Bonchev–Trinajstić information content (AvgIpc) is 2.56. The standard InChI is InChI=1S/C21H27NO2/c1-6-15(3)18-7-9-19(10-8-18)22-21(23)13-24-20-12-14(2)11-16(4)17(20)5/h7-12,15H,6,13H2,1-5H3,(H,22,23). The van der Waals surface area contributed by atoms with E-state index in [0.717, 1.165) is 29.0 Å². The van der Waals surface area contributed by atoms with Crippen LogP contribution < -0.4 is 10.1 Å². The first kappa shape index (κ1) is 18.1. The third-order valence-electron chi connectivity index (χ3n) is 4.50. The van der Waals surface area contributed by atoms with Crippen LogP contribution in [-0.4, -0.2) is 12.5 Å². The van der Waals surface area contributed by atoms with Crippen molar-refractivity contribution in [3.8, 4) is 5.75 Å². The minimum Gasteiger partial charge on any atom is -0.483 e. The molecule has 3 nitrogen and oxygen atoms in total. The molecule has 2 aromatic carbocycles. The number of aryl methyl sites for hydroxylation is 2. The number of rotatable bonds is 6. The van der Waals surface area contributed by atoms with Gasteiger partial charge < -0.3 is 10.1 Å². The molecule has 0 aliphatic rings. The molecule has 1 amide bonds. The molecule has 1 atom stereocenters. The Morgan fingerprint density at radius 3 is 2.42 bits per heavy atom. The fourth-order valence-corrected chi connectivity index (χ4v) is 2.62. The largest absolute Gasteiger partial charge is 0.483 e. The van der Waals surface area contributed by atoms with Gasteiger partial charge in [-0.3, -0.25) is 4.79 Å². The second kappa shape index (κ2) is 8.00. The number of benzene rings is 2. The Morgan fingerprint density at radius 2 is 1.79 bits per heavy atom. The molecule has 0 aliphatic heterocycles. The Labute approximate surface area is 145 Å². The molecular formula is C21H27NO2. The van der Waals surface area contributed by atoms with Gasteiger partial charge in [-0.05, 0) is 73.6 Å². The lowest BCUT2D eigenvalue weighted by atomic mass is 9.99. The van der Waals surface area contributed by atoms with Crippen molar-refractivity contribution < 1.29 is 9.53 Å². The number of hydrogen-bond acceptors (Lipinski definition) is 2. The van der Waals surface area contributed by atoms with Crippen molar-refractivity contribution in [3.05, 3.63) is 58.7 Å². The molecule has 0 fully saturated rings. The highest BCUT2D eigenvalue weighted by molar-refractivity contribution is 5.91. The van der Waals surface area contributed by atoms with Crippen molar-refractivity contribution in [2.24, 2.45) is 0 Å². The molecule has 0 spiro atoms. The number of carbonyl (C=O) groups excluding carboxylic acids is 1. The van der Waals surface area contributed by atoms with Crippen LogP contribution in [-0.2, 0) is 4.79 Å². The quantitative estimate of drug-likeness (QED) is 0.798. The number of amides is 1. The second-order valence-electron chi connectivity index (χ2n) is 6.47. The van der Waals surface area contributed by atoms with Crippen LogP contribution in [0.4, 0.5) is 5.69 Å². The zero-order chi connectivity index (χ0) is 17.7. The van der Waals surface area contributed by atoms with Gasteiger partial charge in [-0.25, -0.2) is 0 Å². The molecule has 24 heavy (non-hydrogen) atoms. The normalized spacial score (nSPS) is 11.9. The van der Waals surface area contributed by atoms with Crippen LogP contribution in [0, 0.1) is 20.8 Å². The molecule has 1 unspecified atom stereocenters. The van der Waals surface area contributed by atoms with Crippen LogP contribution in [0.15, 0.2) is 36.4 Å². The summed E-state index contributed by atoms with van der Waals surface area (Å²) in [6.07, 6.45) is 1.11. The first-order chi connectivity index (χ1) is 11.4. The summed E-state index contributed by atoms with van der Waals surface area (Å²) in [6.45, 7) is 10.5. The van der Waals surface area contributed by atoms with E-state index in [1.807, 2.05) is 39.0 Å². The first-order valence-corrected chi connectivity index (χ1v) is 8.51. The predicted molar refractivity (Wildman–Crippen MR) is 99.9 cm³/mol. The highest BCUT2D eigenvalue weighted by Crippen LogP contribution is 2.23. The van der Waals surface area contributed by atoms with Gasteiger partial charge in [0.15, 0.2) is 6.61 Å². The van der Waals surface area contributed by atoms with E-state index >= 15 is 0 Å². The fraction of sp³-hybridized carbons (Fsp3) is 0.381.